The van der Waals surface area contributed by atoms with Gasteiger partial charge in [0.15, 0.2) is 17.2 Å². The number of halogens is 2. The molecular formula is C31H30F2N6O. The summed E-state index contributed by atoms with van der Waals surface area (Å²) in [5, 5.41) is 11.7. The van der Waals surface area contributed by atoms with Crippen LogP contribution in [-0.4, -0.2) is 31.3 Å². The predicted octanol–water partition coefficient (Wildman–Crippen LogP) is 6.96. The van der Waals surface area contributed by atoms with Crippen molar-refractivity contribution in [2.75, 3.05) is 6.54 Å². The zero-order valence-corrected chi connectivity index (χ0v) is 22.5. The van der Waals surface area contributed by atoms with Crippen LogP contribution in [-0.2, 0) is 7.05 Å². The molecule has 1 atom stereocenters. The Labute approximate surface area is 230 Å². The number of benzene rings is 2. The SMILES string of the molecule is CC(NCC1CCC1)c1cc(F)c2oc(-c3cc(-c4ccc(F)cc4-c4nncn4C)cc(C4CC4)n3)nc2c1. The molecule has 2 fully saturated rings. The van der Waals surface area contributed by atoms with Gasteiger partial charge in [-0.15, -0.1) is 10.2 Å². The fourth-order valence-corrected chi connectivity index (χ4v) is 5.42. The minimum absolute atomic E-state index is 0.0000756. The molecule has 0 spiro atoms. The first kappa shape index (κ1) is 25.0. The van der Waals surface area contributed by atoms with Gasteiger partial charge in [0.25, 0.3) is 0 Å². The van der Waals surface area contributed by atoms with Crippen LogP contribution in [0.15, 0.2) is 53.2 Å². The van der Waals surface area contributed by atoms with Crippen molar-refractivity contribution in [1.82, 2.24) is 30.0 Å². The van der Waals surface area contributed by atoms with Gasteiger partial charge in [0, 0.05) is 30.3 Å². The normalized spacial score (nSPS) is 16.4. The summed E-state index contributed by atoms with van der Waals surface area (Å²) in [6.07, 6.45) is 7.49. The smallest absolute Gasteiger partial charge is 0.246 e. The van der Waals surface area contributed by atoms with Gasteiger partial charge in [-0.3, -0.25) is 0 Å². The highest BCUT2D eigenvalue weighted by molar-refractivity contribution is 5.83. The Morgan fingerprint density at radius 2 is 1.88 bits per heavy atom. The van der Waals surface area contributed by atoms with E-state index in [0.29, 0.717) is 34.4 Å². The third kappa shape index (κ3) is 4.68. The zero-order chi connectivity index (χ0) is 27.4. The highest BCUT2D eigenvalue weighted by atomic mass is 19.1. The van der Waals surface area contributed by atoms with E-state index in [1.165, 1.54) is 37.5 Å². The number of oxazole rings is 1. The Kier molecular flexibility index (Phi) is 6.19. The number of pyridine rings is 1. The van der Waals surface area contributed by atoms with Crippen molar-refractivity contribution in [3.63, 3.8) is 0 Å². The highest BCUT2D eigenvalue weighted by Gasteiger charge is 2.28. The Balaban J connectivity index is 1.29. The summed E-state index contributed by atoms with van der Waals surface area (Å²) in [5.74, 6) is 1.06. The fraction of sp³-hybridized carbons (Fsp3) is 0.355. The van der Waals surface area contributed by atoms with Gasteiger partial charge in [0.05, 0.1) is 0 Å². The minimum Gasteiger partial charge on any atom is -0.432 e. The lowest BCUT2D eigenvalue weighted by Crippen LogP contribution is -2.29. The maximum absolute atomic E-state index is 15.2. The second-order valence-electron chi connectivity index (χ2n) is 11.2. The van der Waals surface area contributed by atoms with Crippen LogP contribution >= 0.6 is 0 Å². The van der Waals surface area contributed by atoms with Crippen molar-refractivity contribution in [1.29, 1.82) is 0 Å². The van der Waals surface area contributed by atoms with Gasteiger partial charge in [0.2, 0.25) is 5.89 Å². The lowest BCUT2D eigenvalue weighted by Gasteiger charge is -2.27. The average molecular weight is 541 g/mol. The van der Waals surface area contributed by atoms with Gasteiger partial charge in [-0.2, -0.15) is 0 Å². The molecule has 0 radical (unpaired) electrons. The monoisotopic (exact) mass is 540 g/mol. The Hall–Kier alpha value is -3.98. The molecule has 2 aliphatic carbocycles. The van der Waals surface area contributed by atoms with Gasteiger partial charge in [-0.25, -0.2) is 18.7 Å². The van der Waals surface area contributed by atoms with Crippen molar-refractivity contribution in [3.8, 4) is 34.1 Å². The van der Waals surface area contributed by atoms with Crippen LogP contribution in [0.5, 0.6) is 0 Å². The molecular weight excluding hydrogens is 510 g/mol. The molecule has 1 N–H and O–H groups in total. The van der Waals surface area contributed by atoms with Gasteiger partial charge < -0.3 is 14.3 Å². The molecule has 0 amide bonds. The molecule has 2 aliphatic rings. The van der Waals surface area contributed by atoms with Gasteiger partial charge in [-0.05, 0) is 98.2 Å². The van der Waals surface area contributed by atoms with Crippen LogP contribution < -0.4 is 5.32 Å². The quantitative estimate of drug-likeness (QED) is 0.229. The third-order valence-corrected chi connectivity index (χ3v) is 8.21. The molecule has 2 saturated carbocycles. The van der Waals surface area contributed by atoms with Crippen LogP contribution in [0.1, 0.15) is 62.2 Å². The number of aryl methyl sites for hydroxylation is 1. The summed E-state index contributed by atoms with van der Waals surface area (Å²) >= 11 is 0. The van der Waals surface area contributed by atoms with Crippen molar-refractivity contribution in [2.24, 2.45) is 13.0 Å². The van der Waals surface area contributed by atoms with Crippen LogP contribution in [0.3, 0.4) is 0 Å². The fourth-order valence-electron chi connectivity index (χ4n) is 5.42. The summed E-state index contributed by atoms with van der Waals surface area (Å²) in [6.45, 7) is 2.98. The van der Waals surface area contributed by atoms with E-state index < -0.39 is 5.82 Å². The maximum Gasteiger partial charge on any atom is 0.246 e. The highest BCUT2D eigenvalue weighted by Crippen LogP contribution is 2.43. The van der Waals surface area contributed by atoms with E-state index in [2.05, 4.69) is 20.5 Å². The second kappa shape index (κ2) is 9.89. The molecule has 3 aromatic heterocycles. The zero-order valence-electron chi connectivity index (χ0n) is 22.5. The van der Waals surface area contributed by atoms with Crippen molar-refractivity contribution >= 4 is 11.1 Å². The number of aromatic nitrogens is 5. The largest absolute Gasteiger partial charge is 0.432 e. The van der Waals surface area contributed by atoms with Crippen LogP contribution in [0.4, 0.5) is 8.78 Å². The summed E-state index contributed by atoms with van der Waals surface area (Å²) in [5.41, 5.74) is 5.09. The molecule has 7 nitrogen and oxygen atoms in total. The second-order valence-corrected chi connectivity index (χ2v) is 11.2. The van der Waals surface area contributed by atoms with Gasteiger partial charge in [0.1, 0.15) is 23.4 Å². The Bertz CT molecular complexity index is 1720. The van der Waals surface area contributed by atoms with Crippen molar-refractivity contribution in [3.05, 3.63) is 71.7 Å². The number of hydrogen-bond acceptors (Lipinski definition) is 6. The maximum atomic E-state index is 15.2. The van der Waals surface area contributed by atoms with Gasteiger partial charge >= 0.3 is 0 Å². The van der Waals surface area contributed by atoms with Crippen LogP contribution in [0, 0.1) is 17.6 Å². The van der Waals surface area contributed by atoms with E-state index in [1.807, 2.05) is 32.2 Å². The van der Waals surface area contributed by atoms with E-state index in [-0.39, 0.29) is 23.3 Å². The molecule has 1 unspecified atom stereocenters. The van der Waals surface area contributed by atoms with E-state index in [1.54, 1.807) is 17.0 Å². The molecule has 5 aromatic rings. The minimum atomic E-state index is -0.440. The molecule has 204 valence electrons. The Morgan fingerprint density at radius 3 is 2.60 bits per heavy atom. The van der Waals surface area contributed by atoms with Crippen LogP contribution in [0.25, 0.3) is 45.2 Å². The summed E-state index contributed by atoms with van der Waals surface area (Å²) in [4.78, 5) is 9.55. The van der Waals surface area contributed by atoms with Gasteiger partial charge in [-0.1, -0.05) is 12.5 Å². The third-order valence-electron chi connectivity index (χ3n) is 8.21. The molecule has 3 heterocycles. The number of nitrogens with zero attached hydrogens (tertiary/aromatic N) is 5. The lowest BCUT2D eigenvalue weighted by molar-refractivity contribution is 0.292. The molecule has 40 heavy (non-hydrogen) atoms. The van der Waals surface area contributed by atoms with E-state index >= 15 is 4.39 Å². The number of fused-ring (bicyclic) bond motifs is 1. The first-order valence-electron chi connectivity index (χ1n) is 13.9. The molecule has 7 rings (SSSR count). The standard InChI is InChI=1S/C31H30F2N6O/c1-17(34-15-18-4-3-5-18)20-10-25(33)29-27(11-20)37-31(40-29)28-13-21(12-26(36-28)19-6-7-19)23-9-8-22(32)14-24(23)30-38-35-16-39(30)2/h8-14,16-19,34H,3-7,15H2,1-2H3. The summed E-state index contributed by atoms with van der Waals surface area (Å²) in [6, 6.07) is 12.0. The Morgan fingerprint density at radius 1 is 1.02 bits per heavy atom. The number of hydrogen-bond donors (Lipinski definition) is 1. The molecule has 0 bridgehead atoms. The summed E-state index contributed by atoms with van der Waals surface area (Å²) < 4.78 is 37.3. The summed E-state index contributed by atoms with van der Waals surface area (Å²) in [7, 11) is 1.82. The first-order chi connectivity index (χ1) is 19.4. The van der Waals surface area contributed by atoms with Crippen molar-refractivity contribution < 1.29 is 13.2 Å². The molecule has 0 saturated heterocycles. The lowest BCUT2D eigenvalue weighted by atomic mass is 9.85. The first-order valence-corrected chi connectivity index (χ1v) is 13.9. The topological polar surface area (TPSA) is 81.7 Å². The number of nitrogens with one attached hydrogen (secondary N) is 1. The van der Waals surface area contributed by atoms with Crippen LogP contribution in [0.2, 0.25) is 0 Å². The van der Waals surface area contributed by atoms with E-state index in [4.69, 9.17) is 9.40 Å². The van der Waals surface area contributed by atoms with E-state index in [0.717, 1.165) is 41.8 Å². The molecule has 2 aromatic carbocycles. The predicted molar refractivity (Wildman–Crippen MR) is 148 cm³/mol. The average Bonchev–Trinajstić information content (AvgIpc) is 3.54. The molecule has 0 aliphatic heterocycles. The van der Waals surface area contributed by atoms with Crippen molar-refractivity contribution in [2.45, 2.75) is 51.0 Å². The number of rotatable bonds is 8. The molecule has 9 heteroatoms. The van der Waals surface area contributed by atoms with E-state index in [9.17, 15) is 4.39 Å².